The smallest absolute Gasteiger partial charge is 0.311 e. The minimum Gasteiger partial charge on any atom is -0.481 e. The Morgan fingerprint density at radius 2 is 2.08 bits per heavy atom. The van der Waals surface area contributed by atoms with Gasteiger partial charge in [-0.3, -0.25) is 14.5 Å². The summed E-state index contributed by atoms with van der Waals surface area (Å²) in [6, 6.07) is 4.52. The van der Waals surface area contributed by atoms with Crippen molar-refractivity contribution in [2.24, 2.45) is 11.3 Å². The van der Waals surface area contributed by atoms with Crippen LogP contribution >= 0.6 is 35.6 Å². The average molecular weight is 408 g/mol. The fraction of sp³-hybridized carbons (Fsp3) is 0.529. The van der Waals surface area contributed by atoms with Crippen molar-refractivity contribution in [2.75, 3.05) is 18.4 Å². The zero-order valence-corrected chi connectivity index (χ0v) is 16.1. The van der Waals surface area contributed by atoms with Gasteiger partial charge in [-0.25, -0.2) is 0 Å². The van der Waals surface area contributed by atoms with Crippen LogP contribution in [0.25, 0.3) is 0 Å². The van der Waals surface area contributed by atoms with Gasteiger partial charge in [-0.15, -0.1) is 12.4 Å². The van der Waals surface area contributed by atoms with Crippen LogP contribution in [0.1, 0.15) is 26.2 Å². The van der Waals surface area contributed by atoms with Crippen LogP contribution in [0.3, 0.4) is 0 Å². The normalized spacial score (nSPS) is 26.6. The summed E-state index contributed by atoms with van der Waals surface area (Å²) in [5, 5.41) is 13.3. The van der Waals surface area contributed by atoms with E-state index in [4.69, 9.17) is 23.2 Å². The number of carbonyl (C=O) groups is 2. The van der Waals surface area contributed by atoms with Gasteiger partial charge in [-0.05, 0) is 43.9 Å². The summed E-state index contributed by atoms with van der Waals surface area (Å²) in [5.74, 6) is -0.770. The minimum atomic E-state index is -0.732. The van der Waals surface area contributed by atoms with E-state index in [2.05, 4.69) is 5.32 Å². The Hall–Kier alpha value is -1.01. The van der Waals surface area contributed by atoms with Gasteiger partial charge in [0.05, 0.1) is 21.5 Å². The van der Waals surface area contributed by atoms with E-state index in [-0.39, 0.29) is 24.2 Å². The molecule has 2 aliphatic rings. The van der Waals surface area contributed by atoms with Crippen LogP contribution in [0.5, 0.6) is 0 Å². The van der Waals surface area contributed by atoms with Crippen LogP contribution in [-0.2, 0) is 9.59 Å². The molecule has 1 aliphatic heterocycles. The molecule has 1 heterocycles. The molecule has 1 aromatic rings. The number of nitrogens with one attached hydrogen (secondary N) is 1. The molecule has 0 radical (unpaired) electrons. The number of benzene rings is 1. The highest BCUT2D eigenvalue weighted by Crippen LogP contribution is 2.49. The summed E-state index contributed by atoms with van der Waals surface area (Å²) >= 11 is 11.8. The maximum atomic E-state index is 12.5. The summed E-state index contributed by atoms with van der Waals surface area (Å²) in [5.41, 5.74) is -0.105. The molecule has 1 aliphatic carbocycles. The van der Waals surface area contributed by atoms with Crippen LogP contribution in [0, 0.1) is 11.3 Å². The Bertz CT molecular complexity index is 685. The van der Waals surface area contributed by atoms with Gasteiger partial charge in [0.2, 0.25) is 5.91 Å². The van der Waals surface area contributed by atoms with Crippen molar-refractivity contribution in [3.8, 4) is 0 Å². The molecule has 1 saturated heterocycles. The van der Waals surface area contributed by atoms with Gasteiger partial charge in [0, 0.05) is 18.8 Å². The van der Waals surface area contributed by atoms with Gasteiger partial charge in [-0.2, -0.15) is 0 Å². The van der Waals surface area contributed by atoms with Crippen molar-refractivity contribution < 1.29 is 14.7 Å². The highest BCUT2D eigenvalue weighted by atomic mass is 35.5. The first-order valence-electron chi connectivity index (χ1n) is 8.07. The predicted molar refractivity (Wildman–Crippen MR) is 101 cm³/mol. The molecule has 0 spiro atoms. The van der Waals surface area contributed by atoms with E-state index in [0.29, 0.717) is 35.2 Å². The molecule has 5 nitrogen and oxygen atoms in total. The molecule has 1 saturated carbocycles. The monoisotopic (exact) mass is 406 g/mol. The second-order valence-electron chi connectivity index (χ2n) is 6.77. The molecule has 2 N–H and O–H groups in total. The second kappa shape index (κ2) is 7.70. The average Bonchev–Trinajstić information content (AvgIpc) is 3.08. The lowest BCUT2D eigenvalue weighted by Crippen LogP contribution is -2.43. The Morgan fingerprint density at radius 3 is 2.68 bits per heavy atom. The Morgan fingerprint density at radius 1 is 1.36 bits per heavy atom. The fourth-order valence-corrected chi connectivity index (χ4v) is 4.26. The standard InChI is InChI=1S/C17H20Cl2N2O3.ClH/c1-10(15(22)20-12-4-5-13(18)14(19)7-12)21-8-11-3-2-6-17(11,9-21)16(23)24;/h4-5,7,10-11H,2-3,6,8-9H2,1H3,(H,20,22)(H,23,24);1H/t10?,11-,17+;/m0./s1. The molecule has 3 atom stereocenters. The molecule has 1 amide bonds. The Kier molecular flexibility index (Phi) is 6.26. The van der Waals surface area contributed by atoms with E-state index in [9.17, 15) is 14.7 Å². The summed E-state index contributed by atoms with van der Waals surface area (Å²) in [6.45, 7) is 2.90. The highest BCUT2D eigenvalue weighted by Gasteiger charge is 2.55. The third-order valence-electron chi connectivity index (χ3n) is 5.44. The first-order chi connectivity index (χ1) is 11.3. The van der Waals surface area contributed by atoms with E-state index < -0.39 is 17.4 Å². The van der Waals surface area contributed by atoms with Gasteiger partial charge in [0.1, 0.15) is 0 Å². The lowest BCUT2D eigenvalue weighted by atomic mass is 9.81. The van der Waals surface area contributed by atoms with Gasteiger partial charge >= 0.3 is 5.97 Å². The van der Waals surface area contributed by atoms with Crippen molar-refractivity contribution in [3.63, 3.8) is 0 Å². The molecule has 25 heavy (non-hydrogen) atoms. The quantitative estimate of drug-likeness (QED) is 0.793. The first-order valence-corrected chi connectivity index (χ1v) is 8.82. The largest absolute Gasteiger partial charge is 0.481 e. The number of aliphatic carboxylic acids is 1. The van der Waals surface area contributed by atoms with Crippen molar-refractivity contribution >= 4 is 53.2 Å². The predicted octanol–water partition coefficient (Wildman–Crippen LogP) is 3.93. The number of anilines is 1. The third-order valence-corrected chi connectivity index (χ3v) is 6.18. The lowest BCUT2D eigenvalue weighted by molar-refractivity contribution is -0.149. The van der Waals surface area contributed by atoms with Crippen molar-refractivity contribution in [2.45, 2.75) is 32.2 Å². The first kappa shape index (κ1) is 20.3. The number of hydrogen-bond donors (Lipinski definition) is 2. The third kappa shape index (κ3) is 3.75. The van der Waals surface area contributed by atoms with Crippen LogP contribution < -0.4 is 5.32 Å². The maximum Gasteiger partial charge on any atom is 0.311 e. The van der Waals surface area contributed by atoms with Crippen LogP contribution in [0.2, 0.25) is 10.0 Å². The molecular weight excluding hydrogens is 387 g/mol. The number of likely N-dealkylation sites (tertiary alicyclic amines) is 1. The molecule has 1 aromatic carbocycles. The molecule has 138 valence electrons. The van der Waals surface area contributed by atoms with Crippen molar-refractivity contribution in [1.29, 1.82) is 0 Å². The number of rotatable bonds is 4. The highest BCUT2D eigenvalue weighted by molar-refractivity contribution is 6.42. The van der Waals surface area contributed by atoms with Crippen LogP contribution in [-0.4, -0.2) is 41.0 Å². The summed E-state index contributed by atoms with van der Waals surface area (Å²) in [6.07, 6.45) is 2.57. The van der Waals surface area contributed by atoms with E-state index in [1.54, 1.807) is 18.2 Å². The maximum absolute atomic E-state index is 12.5. The van der Waals surface area contributed by atoms with Gasteiger partial charge in [0.15, 0.2) is 0 Å². The van der Waals surface area contributed by atoms with Crippen LogP contribution in [0.4, 0.5) is 5.69 Å². The molecule has 0 bridgehead atoms. The lowest BCUT2D eigenvalue weighted by Gasteiger charge is -2.26. The number of hydrogen-bond acceptors (Lipinski definition) is 3. The number of halogens is 3. The number of nitrogens with zero attached hydrogens (tertiary/aromatic N) is 1. The molecule has 8 heteroatoms. The number of amides is 1. The Balaban J connectivity index is 0.00000225. The van der Waals surface area contributed by atoms with Gasteiger partial charge < -0.3 is 10.4 Å². The topological polar surface area (TPSA) is 69.6 Å². The minimum absolute atomic E-state index is 0. The molecule has 0 aromatic heterocycles. The second-order valence-corrected chi connectivity index (χ2v) is 7.59. The van der Waals surface area contributed by atoms with E-state index in [1.807, 2.05) is 11.8 Å². The molecular formula is C17H21Cl3N2O3. The number of carboxylic acids is 1. The Labute approximate surface area is 163 Å². The van der Waals surface area contributed by atoms with Crippen LogP contribution in [0.15, 0.2) is 18.2 Å². The molecule has 2 fully saturated rings. The number of carbonyl (C=O) groups excluding carboxylic acids is 1. The van der Waals surface area contributed by atoms with Crippen molar-refractivity contribution in [3.05, 3.63) is 28.2 Å². The summed E-state index contributed by atoms with van der Waals surface area (Å²) < 4.78 is 0. The van der Waals surface area contributed by atoms with Gasteiger partial charge in [0.25, 0.3) is 0 Å². The zero-order chi connectivity index (χ0) is 17.5. The van der Waals surface area contributed by atoms with E-state index in [0.717, 1.165) is 12.8 Å². The molecule has 1 unspecified atom stereocenters. The summed E-state index contributed by atoms with van der Waals surface area (Å²) in [7, 11) is 0. The number of carboxylic acid groups (broad SMARTS) is 1. The fourth-order valence-electron chi connectivity index (χ4n) is 3.96. The van der Waals surface area contributed by atoms with Crippen molar-refractivity contribution in [1.82, 2.24) is 4.90 Å². The number of fused-ring (bicyclic) bond motifs is 1. The zero-order valence-electron chi connectivity index (χ0n) is 13.8. The molecule has 3 rings (SSSR count). The van der Waals surface area contributed by atoms with E-state index >= 15 is 0 Å². The van der Waals surface area contributed by atoms with E-state index in [1.165, 1.54) is 0 Å². The van der Waals surface area contributed by atoms with Gasteiger partial charge in [-0.1, -0.05) is 29.6 Å². The SMILES string of the molecule is CC(C(=O)Nc1ccc(Cl)c(Cl)c1)N1C[C@@H]2CCC[C@@]2(C(=O)O)C1.Cl. The summed E-state index contributed by atoms with van der Waals surface area (Å²) in [4.78, 5) is 26.2.